The highest BCUT2D eigenvalue weighted by molar-refractivity contribution is 8.00. The number of thioether (sulfide) groups is 2. The second-order valence-corrected chi connectivity index (χ2v) is 8.64. The first-order valence-corrected chi connectivity index (χ1v) is 10.1. The van der Waals surface area contributed by atoms with Gasteiger partial charge in [0.15, 0.2) is 5.16 Å². The molecule has 0 aliphatic carbocycles. The predicted molar refractivity (Wildman–Crippen MR) is 94.3 cm³/mol. The maximum Gasteiger partial charge on any atom is 0.267 e. The van der Waals surface area contributed by atoms with Crippen LogP contribution in [0.1, 0.15) is 38.3 Å². The van der Waals surface area contributed by atoms with Gasteiger partial charge in [-0.3, -0.25) is 14.2 Å². The Morgan fingerprint density at radius 3 is 2.70 bits per heavy atom. The smallest absolute Gasteiger partial charge is 0.267 e. The number of hydrogen-bond acceptors (Lipinski definition) is 5. The van der Waals surface area contributed by atoms with Crippen LogP contribution in [0.25, 0.3) is 0 Å². The fourth-order valence-corrected chi connectivity index (χ4v) is 5.08. The van der Waals surface area contributed by atoms with E-state index in [0.717, 1.165) is 42.9 Å². The highest BCUT2D eigenvalue weighted by Gasteiger charge is 2.26. The van der Waals surface area contributed by atoms with Gasteiger partial charge < -0.3 is 4.90 Å². The van der Waals surface area contributed by atoms with Crippen molar-refractivity contribution in [2.24, 2.45) is 7.05 Å². The van der Waals surface area contributed by atoms with E-state index < -0.39 is 0 Å². The Morgan fingerprint density at radius 1 is 1.30 bits per heavy atom. The summed E-state index contributed by atoms with van der Waals surface area (Å²) in [4.78, 5) is 32.2. The second kappa shape index (κ2) is 7.30. The number of carbonyl (C=O) groups is 1. The monoisotopic (exact) mass is 353 g/mol. The Hall–Kier alpha value is -0.950. The summed E-state index contributed by atoms with van der Waals surface area (Å²) in [5.74, 6) is 0.524. The lowest BCUT2D eigenvalue weighted by Crippen LogP contribution is -2.33. The average molecular weight is 354 g/mol. The van der Waals surface area contributed by atoms with Crippen LogP contribution in [0.4, 0.5) is 0 Å². The molecule has 0 radical (unpaired) electrons. The molecule has 0 spiro atoms. The number of aromatic nitrogens is 2. The van der Waals surface area contributed by atoms with Crippen LogP contribution >= 0.6 is 23.5 Å². The standard InChI is InChI=1S/C16H23N3O2S2/c1-11-9-12-14(23-11)15(21)18(2)16(17-12)22-10-13(20)19-7-5-3-4-6-8-19/h11H,3-10H2,1-2H3. The Kier molecular flexibility index (Phi) is 5.36. The van der Waals surface area contributed by atoms with Crippen molar-refractivity contribution < 1.29 is 4.79 Å². The lowest BCUT2D eigenvalue weighted by Gasteiger charge is -2.20. The van der Waals surface area contributed by atoms with Crippen LogP contribution < -0.4 is 5.56 Å². The quantitative estimate of drug-likeness (QED) is 0.616. The molecule has 1 fully saturated rings. The topological polar surface area (TPSA) is 55.2 Å². The van der Waals surface area contributed by atoms with Crippen LogP contribution in [0.3, 0.4) is 0 Å². The van der Waals surface area contributed by atoms with Crippen molar-refractivity contribution in [2.75, 3.05) is 18.8 Å². The average Bonchev–Trinajstić information content (AvgIpc) is 2.75. The summed E-state index contributed by atoms with van der Waals surface area (Å²) in [6, 6.07) is 0. The van der Waals surface area contributed by atoms with Crippen molar-refractivity contribution in [1.82, 2.24) is 14.5 Å². The molecule has 0 aromatic carbocycles. The number of hydrogen-bond donors (Lipinski definition) is 0. The van der Waals surface area contributed by atoms with Crippen molar-refractivity contribution in [3.8, 4) is 0 Å². The zero-order valence-electron chi connectivity index (χ0n) is 13.7. The molecule has 7 heteroatoms. The van der Waals surface area contributed by atoms with Crippen LogP contribution in [0, 0.1) is 0 Å². The van der Waals surface area contributed by atoms with Gasteiger partial charge in [0.05, 0.1) is 16.3 Å². The summed E-state index contributed by atoms with van der Waals surface area (Å²) in [5.41, 5.74) is 0.921. The molecule has 1 saturated heterocycles. The van der Waals surface area contributed by atoms with Crippen LogP contribution in [0.2, 0.25) is 0 Å². The molecule has 0 N–H and O–H groups in total. The molecule has 1 unspecified atom stereocenters. The van der Waals surface area contributed by atoms with Gasteiger partial charge in [0.25, 0.3) is 5.56 Å². The molecule has 0 saturated carbocycles. The van der Waals surface area contributed by atoms with Gasteiger partial charge in [-0.25, -0.2) is 4.98 Å². The van der Waals surface area contributed by atoms with E-state index in [2.05, 4.69) is 11.9 Å². The summed E-state index contributed by atoms with van der Waals surface area (Å²) >= 11 is 3.00. The number of nitrogens with zero attached hydrogens (tertiary/aromatic N) is 3. The minimum absolute atomic E-state index is 0.0223. The summed E-state index contributed by atoms with van der Waals surface area (Å²) in [6.07, 6.45) is 5.47. The van der Waals surface area contributed by atoms with Crippen molar-refractivity contribution >= 4 is 29.4 Å². The largest absolute Gasteiger partial charge is 0.342 e. The molecule has 2 aliphatic rings. The summed E-state index contributed by atoms with van der Waals surface area (Å²) in [5, 5.41) is 1.07. The number of amides is 1. The summed E-state index contributed by atoms with van der Waals surface area (Å²) < 4.78 is 1.59. The van der Waals surface area contributed by atoms with Gasteiger partial charge in [0.2, 0.25) is 5.91 Å². The van der Waals surface area contributed by atoms with E-state index in [9.17, 15) is 9.59 Å². The molecule has 23 heavy (non-hydrogen) atoms. The SMILES string of the molecule is CC1Cc2nc(SCC(=O)N3CCCCCC3)n(C)c(=O)c2S1. The first-order chi connectivity index (χ1) is 11.1. The Morgan fingerprint density at radius 2 is 2.00 bits per heavy atom. The van der Waals surface area contributed by atoms with Crippen molar-refractivity contribution in [3.63, 3.8) is 0 Å². The van der Waals surface area contributed by atoms with E-state index in [-0.39, 0.29) is 11.5 Å². The first kappa shape index (κ1) is 16.9. The van der Waals surface area contributed by atoms with Gasteiger partial charge >= 0.3 is 0 Å². The lowest BCUT2D eigenvalue weighted by molar-refractivity contribution is -0.128. The zero-order valence-corrected chi connectivity index (χ0v) is 15.3. The third-order valence-electron chi connectivity index (χ3n) is 4.36. The molecule has 126 valence electrons. The number of carbonyl (C=O) groups excluding carboxylic acids is 1. The normalized spacial score (nSPS) is 21.1. The Bertz CT molecular complexity index is 651. The van der Waals surface area contributed by atoms with Crippen molar-refractivity contribution in [3.05, 3.63) is 16.0 Å². The number of rotatable bonds is 3. The van der Waals surface area contributed by atoms with E-state index in [1.807, 2.05) is 4.90 Å². The molecule has 2 aliphatic heterocycles. The van der Waals surface area contributed by atoms with Gasteiger partial charge in [-0.2, -0.15) is 0 Å². The van der Waals surface area contributed by atoms with Crippen molar-refractivity contribution in [2.45, 2.75) is 54.3 Å². The highest BCUT2D eigenvalue weighted by atomic mass is 32.2. The van der Waals surface area contributed by atoms with Crippen LogP contribution in [-0.4, -0.2) is 44.5 Å². The molecule has 1 atom stereocenters. The fourth-order valence-electron chi connectivity index (χ4n) is 3.04. The van der Waals surface area contributed by atoms with E-state index in [1.165, 1.54) is 24.6 Å². The van der Waals surface area contributed by atoms with Gasteiger partial charge in [0.1, 0.15) is 0 Å². The molecule has 5 nitrogen and oxygen atoms in total. The highest BCUT2D eigenvalue weighted by Crippen LogP contribution is 2.33. The zero-order chi connectivity index (χ0) is 16.4. The predicted octanol–water partition coefficient (Wildman–Crippen LogP) is 2.31. The van der Waals surface area contributed by atoms with Gasteiger partial charge in [-0.15, -0.1) is 11.8 Å². The summed E-state index contributed by atoms with van der Waals surface area (Å²) in [7, 11) is 1.75. The Labute approximate surface area is 145 Å². The molecular formula is C16H23N3O2S2. The van der Waals surface area contributed by atoms with Gasteiger partial charge in [0, 0.05) is 31.8 Å². The van der Waals surface area contributed by atoms with E-state index in [1.54, 1.807) is 23.4 Å². The molecular weight excluding hydrogens is 330 g/mol. The molecule has 3 heterocycles. The van der Waals surface area contributed by atoms with Crippen LogP contribution in [0.15, 0.2) is 14.8 Å². The third kappa shape index (κ3) is 3.76. The maximum atomic E-state index is 12.4. The minimum atomic E-state index is 0.0223. The number of likely N-dealkylation sites (tertiary alicyclic amines) is 1. The van der Waals surface area contributed by atoms with E-state index >= 15 is 0 Å². The molecule has 3 rings (SSSR count). The van der Waals surface area contributed by atoms with Crippen LogP contribution in [-0.2, 0) is 18.3 Å². The third-order valence-corrected chi connectivity index (χ3v) is 6.59. The maximum absolute atomic E-state index is 12.4. The second-order valence-electron chi connectivity index (χ2n) is 6.25. The minimum Gasteiger partial charge on any atom is -0.342 e. The molecule has 1 aromatic rings. The lowest BCUT2D eigenvalue weighted by atomic mass is 10.2. The van der Waals surface area contributed by atoms with Gasteiger partial charge in [-0.1, -0.05) is 31.5 Å². The van der Waals surface area contributed by atoms with E-state index in [4.69, 9.17) is 0 Å². The Balaban J connectivity index is 1.69. The summed E-state index contributed by atoms with van der Waals surface area (Å²) in [6.45, 7) is 3.84. The molecule has 1 aromatic heterocycles. The van der Waals surface area contributed by atoms with Gasteiger partial charge in [-0.05, 0) is 12.8 Å². The van der Waals surface area contributed by atoms with Crippen LogP contribution in [0.5, 0.6) is 0 Å². The van der Waals surface area contributed by atoms with E-state index in [0.29, 0.717) is 16.2 Å². The number of fused-ring (bicyclic) bond motifs is 1. The van der Waals surface area contributed by atoms with Crippen molar-refractivity contribution in [1.29, 1.82) is 0 Å². The molecule has 1 amide bonds. The first-order valence-electron chi connectivity index (χ1n) is 8.23. The molecule has 0 bridgehead atoms. The fraction of sp³-hybridized carbons (Fsp3) is 0.688.